The van der Waals surface area contributed by atoms with Crippen molar-refractivity contribution in [1.29, 1.82) is 0 Å². The third kappa shape index (κ3) is 6.19. The van der Waals surface area contributed by atoms with E-state index in [4.69, 9.17) is 14.6 Å². The lowest BCUT2D eigenvalue weighted by Gasteiger charge is -2.23. The van der Waals surface area contributed by atoms with Gasteiger partial charge in [0.2, 0.25) is 0 Å². The number of aliphatic carboxylic acids is 1. The van der Waals surface area contributed by atoms with Gasteiger partial charge in [-0.3, -0.25) is 9.35 Å². The molecule has 0 aliphatic heterocycles. The highest BCUT2D eigenvalue weighted by atomic mass is 32.2. The first kappa shape index (κ1) is 26.0. The van der Waals surface area contributed by atoms with Crippen molar-refractivity contribution in [3.63, 3.8) is 0 Å². The maximum Gasteiger partial charge on any atom is 0.307 e. The summed E-state index contributed by atoms with van der Waals surface area (Å²) in [7, 11) is 3.92. The van der Waals surface area contributed by atoms with Gasteiger partial charge in [-0.15, -0.1) is 0 Å². The third-order valence-electron chi connectivity index (χ3n) is 5.73. The molecule has 0 saturated carbocycles. The van der Waals surface area contributed by atoms with Gasteiger partial charge in [-0.1, -0.05) is 42.5 Å². The monoisotopic (exact) mass is 520 g/mol. The minimum Gasteiger partial charge on any atom is -0.490 e. The molecule has 8 nitrogen and oxygen atoms in total. The van der Waals surface area contributed by atoms with Gasteiger partial charge in [0.1, 0.15) is 24.7 Å². The zero-order valence-corrected chi connectivity index (χ0v) is 21.4. The second-order valence-corrected chi connectivity index (χ2v) is 9.26. The maximum atomic E-state index is 12.4. The first-order chi connectivity index (χ1) is 17.8. The molecule has 1 atom stereocenters. The van der Waals surface area contributed by atoms with Crippen LogP contribution in [0.4, 0.5) is 17.1 Å². The Morgan fingerprint density at radius 2 is 1.43 bits per heavy atom. The minimum atomic E-state index is -2.30. The number of para-hydroxylation sites is 1. The van der Waals surface area contributed by atoms with E-state index < -0.39 is 17.2 Å². The number of carboxylic acid groups (broad SMARTS) is 1. The maximum absolute atomic E-state index is 12.4. The van der Waals surface area contributed by atoms with Gasteiger partial charge in [0, 0.05) is 36.1 Å². The van der Waals surface area contributed by atoms with E-state index in [1.165, 1.54) is 4.31 Å². The fourth-order valence-electron chi connectivity index (χ4n) is 4.10. The summed E-state index contributed by atoms with van der Waals surface area (Å²) < 4.78 is 35.5. The van der Waals surface area contributed by atoms with Crippen molar-refractivity contribution in [1.82, 2.24) is 0 Å². The summed E-state index contributed by atoms with van der Waals surface area (Å²) in [5, 5.41) is 10.9. The third-order valence-corrected chi connectivity index (χ3v) is 6.45. The molecule has 0 fully saturated rings. The van der Waals surface area contributed by atoms with Crippen LogP contribution in [-0.2, 0) is 22.5 Å². The lowest BCUT2D eigenvalue weighted by Crippen LogP contribution is -2.19. The molecule has 37 heavy (non-hydrogen) atoms. The van der Waals surface area contributed by atoms with Gasteiger partial charge in [-0.2, -0.15) is 0 Å². The van der Waals surface area contributed by atoms with E-state index in [0.717, 1.165) is 16.5 Å². The quantitative estimate of drug-likeness (QED) is 0.205. The zero-order valence-electron chi connectivity index (χ0n) is 20.5. The van der Waals surface area contributed by atoms with Gasteiger partial charge in [0.05, 0.1) is 17.8 Å². The normalized spacial score (nSPS) is 11.6. The van der Waals surface area contributed by atoms with E-state index >= 15 is 0 Å². The number of hydrogen-bond donors (Lipinski definition) is 2. The van der Waals surface area contributed by atoms with Crippen molar-refractivity contribution < 1.29 is 28.1 Å². The standard InChI is InChI=1S/C28H28N2O6S/c1-29(2)25-10-5-9-24-23(25)8-6-11-26(24)30(37(33)34)21-13-15-22(16-14-21)35-17-18-36-27-12-4-3-7-20(27)19-28(31)32/h3-16H,17-19H2,1-2H3,(H,31,32)(H,33,34). The number of carboxylic acids is 1. The summed E-state index contributed by atoms with van der Waals surface area (Å²) in [4.78, 5) is 13.0. The number of nitrogens with zero attached hydrogens (tertiary/aromatic N) is 2. The van der Waals surface area contributed by atoms with Crippen molar-refractivity contribution in [3.8, 4) is 11.5 Å². The van der Waals surface area contributed by atoms with Crippen LogP contribution in [0.15, 0.2) is 84.9 Å². The molecule has 4 aromatic carbocycles. The van der Waals surface area contributed by atoms with E-state index in [9.17, 15) is 13.6 Å². The second-order valence-electron chi connectivity index (χ2n) is 8.44. The molecule has 9 heteroatoms. The van der Waals surface area contributed by atoms with Crippen LogP contribution >= 0.6 is 0 Å². The molecular weight excluding hydrogens is 492 g/mol. The Labute approximate surface area is 218 Å². The van der Waals surface area contributed by atoms with Crippen LogP contribution in [0.5, 0.6) is 11.5 Å². The molecule has 0 amide bonds. The minimum absolute atomic E-state index is 0.117. The SMILES string of the molecule is CN(C)c1cccc2c(N(c3ccc(OCCOc4ccccc4CC(=O)O)cc3)S(=O)O)cccc12. The first-order valence-electron chi connectivity index (χ1n) is 11.6. The molecule has 2 N–H and O–H groups in total. The van der Waals surface area contributed by atoms with E-state index in [-0.39, 0.29) is 19.6 Å². The summed E-state index contributed by atoms with van der Waals surface area (Å²) in [6.07, 6.45) is -0.117. The number of rotatable bonds is 11. The predicted molar refractivity (Wildman–Crippen MR) is 146 cm³/mol. The molecular formula is C28H28N2O6S. The Morgan fingerprint density at radius 3 is 2.08 bits per heavy atom. The van der Waals surface area contributed by atoms with Crippen molar-refractivity contribution >= 4 is 45.1 Å². The molecule has 0 spiro atoms. The summed E-state index contributed by atoms with van der Waals surface area (Å²) in [6.45, 7) is 0.475. The molecule has 0 bridgehead atoms. The fraction of sp³-hybridized carbons (Fsp3) is 0.179. The Bertz CT molecular complexity index is 1410. The number of carbonyl (C=O) groups is 1. The van der Waals surface area contributed by atoms with Crippen LogP contribution < -0.4 is 18.7 Å². The highest BCUT2D eigenvalue weighted by molar-refractivity contribution is 7.81. The summed E-state index contributed by atoms with van der Waals surface area (Å²) in [5.74, 6) is 0.159. The average Bonchev–Trinajstić information content (AvgIpc) is 2.87. The van der Waals surface area contributed by atoms with E-state index in [0.29, 0.717) is 28.4 Å². The molecule has 0 aliphatic carbocycles. The molecule has 1 unspecified atom stereocenters. The van der Waals surface area contributed by atoms with Gasteiger partial charge >= 0.3 is 5.97 Å². The van der Waals surface area contributed by atoms with Crippen molar-refractivity contribution in [2.45, 2.75) is 6.42 Å². The van der Waals surface area contributed by atoms with Gasteiger partial charge in [0.25, 0.3) is 11.3 Å². The van der Waals surface area contributed by atoms with Gasteiger partial charge < -0.3 is 19.5 Å². The van der Waals surface area contributed by atoms with Crippen LogP contribution in [0.1, 0.15) is 5.56 Å². The highest BCUT2D eigenvalue weighted by Crippen LogP contribution is 2.37. The molecule has 0 heterocycles. The molecule has 4 rings (SSSR count). The Morgan fingerprint density at radius 1 is 0.811 bits per heavy atom. The summed E-state index contributed by atoms with van der Waals surface area (Å²) in [5.41, 5.74) is 2.76. The molecule has 0 aromatic heterocycles. The van der Waals surface area contributed by atoms with E-state index in [1.807, 2.05) is 55.4 Å². The van der Waals surface area contributed by atoms with Gasteiger partial charge in [-0.25, -0.2) is 8.51 Å². The molecule has 4 aromatic rings. The molecule has 0 saturated heterocycles. The molecule has 192 valence electrons. The topological polar surface area (TPSA) is 99.5 Å². The Hall–Kier alpha value is -4.08. The average molecular weight is 521 g/mol. The van der Waals surface area contributed by atoms with Crippen LogP contribution in [0.2, 0.25) is 0 Å². The van der Waals surface area contributed by atoms with Crippen molar-refractivity contribution in [2.75, 3.05) is 36.5 Å². The van der Waals surface area contributed by atoms with Gasteiger partial charge in [0.15, 0.2) is 0 Å². The second kappa shape index (κ2) is 11.8. The number of ether oxygens (including phenoxy) is 2. The zero-order chi connectivity index (χ0) is 26.4. The summed E-state index contributed by atoms with van der Waals surface area (Å²) >= 11 is -2.30. The molecule has 0 radical (unpaired) electrons. The van der Waals surface area contributed by atoms with Crippen LogP contribution in [0.3, 0.4) is 0 Å². The van der Waals surface area contributed by atoms with Crippen LogP contribution in [0, 0.1) is 0 Å². The smallest absolute Gasteiger partial charge is 0.307 e. The van der Waals surface area contributed by atoms with Gasteiger partial charge in [-0.05, 0) is 42.5 Å². The van der Waals surface area contributed by atoms with Crippen LogP contribution in [0.25, 0.3) is 10.8 Å². The first-order valence-corrected chi connectivity index (χ1v) is 12.7. The van der Waals surface area contributed by atoms with Crippen LogP contribution in [-0.4, -0.2) is 47.1 Å². The highest BCUT2D eigenvalue weighted by Gasteiger charge is 2.19. The van der Waals surface area contributed by atoms with Crippen molar-refractivity contribution in [3.05, 3.63) is 90.5 Å². The molecule has 0 aliphatic rings. The Kier molecular flexibility index (Phi) is 8.27. The predicted octanol–water partition coefficient (Wildman–Crippen LogP) is 5.27. The lowest BCUT2D eigenvalue weighted by atomic mass is 10.1. The largest absolute Gasteiger partial charge is 0.490 e. The number of hydrogen-bond acceptors (Lipinski definition) is 5. The summed E-state index contributed by atoms with van der Waals surface area (Å²) in [6, 6.07) is 25.5. The van der Waals surface area contributed by atoms with Crippen molar-refractivity contribution in [2.24, 2.45) is 0 Å². The van der Waals surface area contributed by atoms with E-state index in [1.54, 1.807) is 48.5 Å². The fourth-order valence-corrected chi connectivity index (χ4v) is 4.73. The number of anilines is 3. The lowest BCUT2D eigenvalue weighted by molar-refractivity contribution is -0.136. The Balaban J connectivity index is 1.47. The number of fused-ring (bicyclic) bond motifs is 1. The van der Waals surface area contributed by atoms with E-state index in [2.05, 4.69) is 0 Å². The number of benzene rings is 4.